The Kier molecular flexibility index (Phi) is 10.0. The second-order valence-corrected chi connectivity index (χ2v) is 11.1. The molecule has 3 N–H and O–H groups in total. The zero-order chi connectivity index (χ0) is 26.3. The summed E-state index contributed by atoms with van der Waals surface area (Å²) >= 11 is 0. The molecular formula is C28H45N3O5. The summed E-state index contributed by atoms with van der Waals surface area (Å²) in [6.07, 6.45) is 5.49. The van der Waals surface area contributed by atoms with Crippen molar-refractivity contribution in [2.75, 3.05) is 39.5 Å². The molecular weight excluding hydrogens is 458 g/mol. The second-order valence-electron chi connectivity index (χ2n) is 11.1. The summed E-state index contributed by atoms with van der Waals surface area (Å²) in [5.41, 5.74) is 6.62. The molecule has 0 bridgehead atoms. The fraction of sp³-hybridized carbons (Fsp3) is 0.714. The lowest BCUT2D eigenvalue weighted by atomic mass is 9.76. The van der Waals surface area contributed by atoms with Gasteiger partial charge in [0.2, 0.25) is 12.7 Å². The molecule has 2 aliphatic rings. The highest BCUT2D eigenvalue weighted by Gasteiger charge is 2.48. The third-order valence-electron chi connectivity index (χ3n) is 7.65. The summed E-state index contributed by atoms with van der Waals surface area (Å²) in [5.74, 6) is -0.256. The number of hydrogen-bond donors (Lipinski definition) is 2. The van der Waals surface area contributed by atoms with Gasteiger partial charge in [-0.15, -0.1) is 0 Å². The number of hydrogen-bond acceptors (Lipinski definition) is 6. The summed E-state index contributed by atoms with van der Waals surface area (Å²) in [4.78, 5) is 30.3. The van der Waals surface area contributed by atoms with E-state index in [2.05, 4.69) is 32.6 Å². The minimum atomic E-state index is -0.809. The number of amides is 1. The van der Waals surface area contributed by atoms with Gasteiger partial charge < -0.3 is 25.2 Å². The van der Waals surface area contributed by atoms with E-state index >= 15 is 0 Å². The molecule has 3 atom stereocenters. The Labute approximate surface area is 216 Å². The molecule has 3 unspecified atom stereocenters. The number of ether oxygens (including phenoxy) is 2. The van der Waals surface area contributed by atoms with Crippen molar-refractivity contribution in [1.29, 1.82) is 0 Å². The molecule has 0 spiro atoms. The van der Waals surface area contributed by atoms with Crippen LogP contribution >= 0.6 is 0 Å². The lowest BCUT2D eigenvalue weighted by molar-refractivity contribution is -0.144. The monoisotopic (exact) mass is 503 g/mol. The third-order valence-corrected chi connectivity index (χ3v) is 7.65. The highest BCUT2D eigenvalue weighted by atomic mass is 16.7. The van der Waals surface area contributed by atoms with Crippen LogP contribution in [0.15, 0.2) is 18.2 Å². The average molecular weight is 504 g/mol. The van der Waals surface area contributed by atoms with Crippen molar-refractivity contribution in [3.05, 3.63) is 23.8 Å². The molecule has 1 aromatic rings. The van der Waals surface area contributed by atoms with Gasteiger partial charge in [-0.2, -0.15) is 0 Å². The van der Waals surface area contributed by atoms with Gasteiger partial charge in [-0.05, 0) is 55.3 Å². The minimum absolute atomic E-state index is 0.0281. The van der Waals surface area contributed by atoms with Crippen LogP contribution in [0.25, 0.3) is 0 Å². The maximum atomic E-state index is 13.5. The number of fused-ring (bicyclic) bond motifs is 1. The molecule has 0 aliphatic carbocycles. The molecule has 3 rings (SSSR count). The van der Waals surface area contributed by atoms with E-state index in [0.29, 0.717) is 37.7 Å². The molecule has 8 nitrogen and oxygen atoms in total. The van der Waals surface area contributed by atoms with Crippen LogP contribution < -0.4 is 15.2 Å². The van der Waals surface area contributed by atoms with E-state index in [-0.39, 0.29) is 36.6 Å². The van der Waals surface area contributed by atoms with Crippen molar-refractivity contribution in [3.63, 3.8) is 0 Å². The van der Waals surface area contributed by atoms with Gasteiger partial charge in [0, 0.05) is 31.6 Å². The minimum Gasteiger partial charge on any atom is -0.481 e. The molecule has 0 aromatic heterocycles. The van der Waals surface area contributed by atoms with E-state index in [0.717, 1.165) is 44.1 Å². The summed E-state index contributed by atoms with van der Waals surface area (Å²) in [7, 11) is 0. The van der Waals surface area contributed by atoms with Crippen LogP contribution in [0.5, 0.6) is 11.5 Å². The lowest BCUT2D eigenvalue weighted by Gasteiger charge is -2.35. The number of aliphatic carboxylic acids is 1. The van der Waals surface area contributed by atoms with Crippen LogP contribution in [0, 0.1) is 11.3 Å². The molecule has 1 amide bonds. The molecule has 1 aromatic carbocycles. The first-order chi connectivity index (χ1) is 17.2. The largest absolute Gasteiger partial charge is 0.481 e. The SMILES string of the molecule is CCCCN(CCCN)C(=O)CN1CC(c2ccc3c(c2)OCO3)C(C(=O)O)C1CC(C)(C)CCC. The summed E-state index contributed by atoms with van der Waals surface area (Å²) in [5, 5.41) is 10.4. The zero-order valence-electron chi connectivity index (χ0n) is 22.5. The molecule has 1 saturated heterocycles. The molecule has 2 aliphatic heterocycles. The first-order valence-electron chi connectivity index (χ1n) is 13.5. The Morgan fingerprint density at radius 1 is 1.14 bits per heavy atom. The van der Waals surface area contributed by atoms with Crippen LogP contribution in [-0.4, -0.2) is 72.3 Å². The van der Waals surface area contributed by atoms with Gasteiger partial charge >= 0.3 is 5.97 Å². The maximum absolute atomic E-state index is 13.5. The average Bonchev–Trinajstić information content (AvgIpc) is 3.43. The van der Waals surface area contributed by atoms with Crippen molar-refractivity contribution in [2.45, 2.75) is 78.2 Å². The lowest BCUT2D eigenvalue weighted by Crippen LogP contribution is -2.46. The molecule has 36 heavy (non-hydrogen) atoms. The quantitative estimate of drug-likeness (QED) is 0.394. The first-order valence-corrected chi connectivity index (χ1v) is 13.5. The number of rotatable bonds is 14. The predicted octanol–water partition coefficient (Wildman–Crippen LogP) is 4.08. The van der Waals surface area contributed by atoms with Crippen LogP contribution in [0.4, 0.5) is 0 Å². The fourth-order valence-corrected chi connectivity index (χ4v) is 5.84. The van der Waals surface area contributed by atoms with Gasteiger partial charge in [-0.1, -0.05) is 46.6 Å². The van der Waals surface area contributed by atoms with E-state index in [1.54, 1.807) is 0 Å². The predicted molar refractivity (Wildman–Crippen MR) is 140 cm³/mol. The number of likely N-dealkylation sites (tertiary alicyclic amines) is 1. The van der Waals surface area contributed by atoms with Gasteiger partial charge in [0.15, 0.2) is 11.5 Å². The standard InChI is InChI=1S/C28H45N3O5/c1-5-7-13-30(14-8-12-29)25(32)18-31-17-21(20-9-10-23-24(15-20)36-19-35-23)26(27(33)34)22(31)16-28(3,4)11-6-2/h9-10,15,21-22,26H,5-8,11-14,16-19,29H2,1-4H3,(H,33,34). The maximum Gasteiger partial charge on any atom is 0.308 e. The normalized spacial score (nSPS) is 21.6. The van der Waals surface area contributed by atoms with Crippen molar-refractivity contribution < 1.29 is 24.2 Å². The Morgan fingerprint density at radius 3 is 2.53 bits per heavy atom. The van der Waals surface area contributed by atoms with Crippen LogP contribution in [0.3, 0.4) is 0 Å². The Balaban J connectivity index is 1.90. The number of carbonyl (C=O) groups excluding carboxylic acids is 1. The van der Waals surface area contributed by atoms with Crippen molar-refractivity contribution in [2.24, 2.45) is 17.1 Å². The van der Waals surface area contributed by atoms with Gasteiger partial charge in [0.25, 0.3) is 0 Å². The Bertz CT molecular complexity index is 882. The van der Waals surface area contributed by atoms with Gasteiger partial charge in [0.05, 0.1) is 12.5 Å². The van der Waals surface area contributed by atoms with Crippen LogP contribution in [-0.2, 0) is 9.59 Å². The fourth-order valence-electron chi connectivity index (χ4n) is 5.84. The van der Waals surface area contributed by atoms with E-state index in [4.69, 9.17) is 15.2 Å². The third kappa shape index (κ3) is 6.91. The topological polar surface area (TPSA) is 105 Å². The molecule has 0 saturated carbocycles. The number of carboxylic acid groups (broad SMARTS) is 1. The smallest absolute Gasteiger partial charge is 0.308 e. The number of benzene rings is 1. The van der Waals surface area contributed by atoms with E-state index in [9.17, 15) is 14.7 Å². The van der Waals surface area contributed by atoms with Crippen molar-refractivity contribution in [1.82, 2.24) is 9.80 Å². The van der Waals surface area contributed by atoms with E-state index in [1.165, 1.54) is 0 Å². The second kappa shape index (κ2) is 12.8. The molecule has 8 heteroatoms. The number of unbranched alkanes of at least 4 members (excludes halogenated alkanes) is 1. The number of carboxylic acids is 1. The molecule has 1 fully saturated rings. The molecule has 0 radical (unpaired) electrons. The van der Waals surface area contributed by atoms with Crippen molar-refractivity contribution in [3.8, 4) is 11.5 Å². The van der Waals surface area contributed by atoms with E-state index in [1.807, 2.05) is 23.1 Å². The molecule has 202 valence electrons. The van der Waals surface area contributed by atoms with Gasteiger partial charge in [0.1, 0.15) is 0 Å². The van der Waals surface area contributed by atoms with Gasteiger partial charge in [-0.3, -0.25) is 14.5 Å². The summed E-state index contributed by atoms with van der Waals surface area (Å²) in [6.45, 7) is 11.5. The molecule has 2 heterocycles. The van der Waals surface area contributed by atoms with Gasteiger partial charge in [-0.25, -0.2) is 0 Å². The number of carbonyl (C=O) groups is 2. The van der Waals surface area contributed by atoms with Crippen LogP contribution in [0.2, 0.25) is 0 Å². The number of nitrogens with zero attached hydrogens (tertiary/aromatic N) is 2. The Morgan fingerprint density at radius 2 is 1.86 bits per heavy atom. The zero-order valence-corrected chi connectivity index (χ0v) is 22.5. The Hall–Kier alpha value is -2.32. The van der Waals surface area contributed by atoms with Crippen LogP contribution in [0.1, 0.15) is 77.7 Å². The highest BCUT2D eigenvalue weighted by Crippen LogP contribution is 2.45. The summed E-state index contributed by atoms with van der Waals surface area (Å²) < 4.78 is 11.0. The summed E-state index contributed by atoms with van der Waals surface area (Å²) in [6, 6.07) is 5.49. The highest BCUT2D eigenvalue weighted by molar-refractivity contribution is 5.79. The van der Waals surface area contributed by atoms with E-state index < -0.39 is 11.9 Å². The number of nitrogens with two attached hydrogens (primary N) is 1. The van der Waals surface area contributed by atoms with Crippen molar-refractivity contribution >= 4 is 11.9 Å². The first kappa shape index (κ1) is 28.3.